The highest BCUT2D eigenvalue weighted by atomic mass is 35.5. The summed E-state index contributed by atoms with van der Waals surface area (Å²) in [6.07, 6.45) is 1.78. The normalized spacial score (nSPS) is 11.5. The van der Waals surface area contributed by atoms with E-state index >= 15 is 0 Å². The second-order valence-corrected chi connectivity index (χ2v) is 5.12. The average molecular weight is 213 g/mol. The van der Waals surface area contributed by atoms with Gasteiger partial charge < -0.3 is 5.32 Å². The zero-order valence-electron chi connectivity index (χ0n) is 9.19. The summed E-state index contributed by atoms with van der Waals surface area (Å²) in [5.41, 5.74) is 2.46. The predicted octanol–water partition coefficient (Wildman–Crippen LogP) is 3.50. The lowest BCUT2D eigenvalue weighted by atomic mass is 9.97. The molecule has 0 atom stereocenters. The smallest absolute Gasteiger partial charge is 0.129 e. The van der Waals surface area contributed by atoms with Crippen molar-refractivity contribution < 1.29 is 0 Å². The topological polar surface area (TPSA) is 24.9 Å². The first-order chi connectivity index (χ1) is 6.38. The molecule has 0 unspecified atom stereocenters. The third-order valence-corrected chi connectivity index (χ3v) is 2.09. The number of nitrogens with zero attached hydrogens (tertiary/aromatic N) is 1. The maximum absolute atomic E-state index is 5.77. The van der Waals surface area contributed by atoms with E-state index < -0.39 is 0 Å². The Morgan fingerprint density at radius 2 is 2.07 bits per heavy atom. The number of anilines is 1. The highest BCUT2D eigenvalue weighted by Crippen LogP contribution is 2.19. The first-order valence-electron chi connectivity index (χ1n) is 4.74. The van der Waals surface area contributed by atoms with E-state index in [1.54, 1.807) is 6.20 Å². The van der Waals surface area contributed by atoms with Gasteiger partial charge in [0, 0.05) is 6.54 Å². The lowest BCUT2D eigenvalue weighted by Crippen LogP contribution is -2.19. The summed E-state index contributed by atoms with van der Waals surface area (Å²) in [5, 5.41) is 3.90. The third-order valence-electron chi connectivity index (χ3n) is 1.89. The molecule has 1 aromatic heterocycles. The Balaban J connectivity index is 2.68. The first-order valence-corrected chi connectivity index (χ1v) is 5.12. The summed E-state index contributed by atoms with van der Waals surface area (Å²) < 4.78 is 0. The molecule has 0 saturated heterocycles. The first kappa shape index (κ1) is 11.3. The monoisotopic (exact) mass is 212 g/mol. The quantitative estimate of drug-likeness (QED) is 0.760. The zero-order chi connectivity index (χ0) is 10.8. The molecule has 0 aliphatic carbocycles. The molecular formula is C11H17ClN2. The lowest BCUT2D eigenvalue weighted by Gasteiger charge is -2.20. The van der Waals surface area contributed by atoms with Crippen LogP contribution in [-0.4, -0.2) is 11.5 Å². The second-order valence-electron chi connectivity index (χ2n) is 4.74. The molecule has 0 aromatic carbocycles. The molecule has 1 heterocycles. The summed E-state index contributed by atoms with van der Waals surface area (Å²) in [4.78, 5) is 4.04. The minimum Gasteiger partial charge on any atom is -0.383 e. The molecule has 0 aliphatic heterocycles. The van der Waals surface area contributed by atoms with E-state index in [-0.39, 0.29) is 5.41 Å². The molecule has 2 nitrogen and oxygen atoms in total. The van der Waals surface area contributed by atoms with Crippen LogP contribution in [0, 0.1) is 12.3 Å². The summed E-state index contributed by atoms with van der Waals surface area (Å²) in [5.74, 6) is 0. The fourth-order valence-corrected chi connectivity index (χ4v) is 1.28. The van der Waals surface area contributed by atoms with E-state index in [0.717, 1.165) is 17.8 Å². The number of halogens is 1. The highest BCUT2D eigenvalue weighted by Gasteiger charge is 2.10. The summed E-state index contributed by atoms with van der Waals surface area (Å²) >= 11 is 5.77. The molecule has 0 radical (unpaired) electrons. The van der Waals surface area contributed by atoms with E-state index in [9.17, 15) is 0 Å². The molecule has 1 N–H and O–H groups in total. The Labute approximate surface area is 90.7 Å². The van der Waals surface area contributed by atoms with Crippen LogP contribution in [0.4, 0.5) is 5.69 Å². The van der Waals surface area contributed by atoms with Gasteiger partial charge in [0.25, 0.3) is 0 Å². The Bertz CT molecular complexity index is 316. The van der Waals surface area contributed by atoms with E-state index in [2.05, 4.69) is 31.1 Å². The second kappa shape index (κ2) is 4.18. The van der Waals surface area contributed by atoms with Gasteiger partial charge in [-0.3, -0.25) is 0 Å². The van der Waals surface area contributed by atoms with Crippen LogP contribution in [0.3, 0.4) is 0 Å². The molecule has 0 bridgehead atoms. The number of rotatable bonds is 2. The molecule has 3 heteroatoms. The van der Waals surface area contributed by atoms with Crippen LogP contribution in [0.25, 0.3) is 0 Å². The van der Waals surface area contributed by atoms with Gasteiger partial charge in [-0.15, -0.1) is 0 Å². The number of aryl methyl sites for hydroxylation is 1. The van der Waals surface area contributed by atoms with Gasteiger partial charge in [-0.1, -0.05) is 32.4 Å². The molecule has 14 heavy (non-hydrogen) atoms. The van der Waals surface area contributed by atoms with Crippen LogP contribution in [0.15, 0.2) is 12.3 Å². The standard InChI is InChI=1S/C11H17ClN2/c1-8-5-10(12)13-6-9(8)14-7-11(2,3)4/h5-6,14H,7H2,1-4H3. The van der Waals surface area contributed by atoms with Crippen LogP contribution in [-0.2, 0) is 0 Å². The molecule has 1 rings (SSSR count). The molecule has 0 fully saturated rings. The Morgan fingerprint density at radius 3 is 2.57 bits per heavy atom. The van der Waals surface area contributed by atoms with Crippen molar-refractivity contribution in [1.29, 1.82) is 0 Å². The number of nitrogens with one attached hydrogen (secondary N) is 1. The molecule has 0 aliphatic rings. The van der Waals surface area contributed by atoms with Crippen LogP contribution >= 0.6 is 11.6 Å². The van der Waals surface area contributed by atoms with Crippen LogP contribution in [0.1, 0.15) is 26.3 Å². The minimum absolute atomic E-state index is 0.270. The Kier molecular flexibility index (Phi) is 3.38. The van der Waals surface area contributed by atoms with Gasteiger partial charge in [0.1, 0.15) is 5.15 Å². The van der Waals surface area contributed by atoms with Crippen LogP contribution < -0.4 is 5.32 Å². The predicted molar refractivity (Wildman–Crippen MR) is 61.9 cm³/mol. The zero-order valence-corrected chi connectivity index (χ0v) is 9.94. The fraction of sp³-hybridized carbons (Fsp3) is 0.545. The lowest BCUT2D eigenvalue weighted by molar-refractivity contribution is 0.443. The maximum atomic E-state index is 5.77. The number of hydrogen-bond acceptors (Lipinski definition) is 2. The van der Waals surface area contributed by atoms with Crippen molar-refractivity contribution in [3.8, 4) is 0 Å². The van der Waals surface area contributed by atoms with Crippen molar-refractivity contribution in [1.82, 2.24) is 4.98 Å². The van der Waals surface area contributed by atoms with Gasteiger partial charge >= 0.3 is 0 Å². The van der Waals surface area contributed by atoms with E-state index in [1.807, 2.05) is 13.0 Å². The van der Waals surface area contributed by atoms with Crippen molar-refractivity contribution >= 4 is 17.3 Å². The molecule has 0 amide bonds. The minimum atomic E-state index is 0.270. The van der Waals surface area contributed by atoms with E-state index in [1.165, 1.54) is 0 Å². The molecule has 0 saturated carbocycles. The average Bonchev–Trinajstić information content (AvgIpc) is 2.00. The summed E-state index contributed by atoms with van der Waals surface area (Å²) in [6, 6.07) is 1.87. The number of pyridine rings is 1. The SMILES string of the molecule is Cc1cc(Cl)ncc1NCC(C)(C)C. The molecular weight excluding hydrogens is 196 g/mol. The number of hydrogen-bond donors (Lipinski definition) is 1. The Morgan fingerprint density at radius 1 is 1.43 bits per heavy atom. The van der Waals surface area contributed by atoms with Crippen molar-refractivity contribution in [3.63, 3.8) is 0 Å². The highest BCUT2D eigenvalue weighted by molar-refractivity contribution is 6.29. The van der Waals surface area contributed by atoms with Gasteiger partial charge in [0.15, 0.2) is 0 Å². The number of aromatic nitrogens is 1. The summed E-state index contributed by atoms with van der Waals surface area (Å²) in [7, 11) is 0. The van der Waals surface area contributed by atoms with Gasteiger partial charge in [0.05, 0.1) is 11.9 Å². The van der Waals surface area contributed by atoms with Gasteiger partial charge in [-0.25, -0.2) is 4.98 Å². The van der Waals surface area contributed by atoms with Crippen molar-refractivity contribution in [2.75, 3.05) is 11.9 Å². The maximum Gasteiger partial charge on any atom is 0.129 e. The van der Waals surface area contributed by atoms with Crippen LogP contribution in [0.5, 0.6) is 0 Å². The van der Waals surface area contributed by atoms with Crippen molar-refractivity contribution in [3.05, 3.63) is 23.0 Å². The molecule has 1 aromatic rings. The Hall–Kier alpha value is -0.760. The fourth-order valence-electron chi connectivity index (χ4n) is 1.07. The van der Waals surface area contributed by atoms with Gasteiger partial charge in [-0.05, 0) is 24.0 Å². The van der Waals surface area contributed by atoms with Crippen LogP contribution in [0.2, 0.25) is 5.15 Å². The van der Waals surface area contributed by atoms with E-state index in [4.69, 9.17) is 11.6 Å². The molecule has 0 spiro atoms. The molecule has 78 valence electrons. The largest absolute Gasteiger partial charge is 0.383 e. The van der Waals surface area contributed by atoms with Crippen molar-refractivity contribution in [2.24, 2.45) is 5.41 Å². The van der Waals surface area contributed by atoms with Gasteiger partial charge in [-0.2, -0.15) is 0 Å². The van der Waals surface area contributed by atoms with E-state index in [0.29, 0.717) is 5.15 Å². The van der Waals surface area contributed by atoms with Gasteiger partial charge in [0.2, 0.25) is 0 Å². The summed E-state index contributed by atoms with van der Waals surface area (Å²) in [6.45, 7) is 9.53. The van der Waals surface area contributed by atoms with Crippen molar-refractivity contribution in [2.45, 2.75) is 27.7 Å². The third kappa shape index (κ3) is 3.54.